The number of thioether (sulfide) groups is 1. The Balaban J connectivity index is 1.17. The zero-order chi connectivity index (χ0) is 30.7. The molecule has 0 bridgehead atoms. The molecule has 1 aliphatic heterocycles. The molecule has 2 amide bonds. The molecule has 1 fully saturated rings. The van der Waals surface area contributed by atoms with Crippen molar-refractivity contribution in [3.8, 4) is 11.5 Å². The second kappa shape index (κ2) is 15.7. The third-order valence-electron chi connectivity index (χ3n) is 7.44. The van der Waals surface area contributed by atoms with Gasteiger partial charge in [0, 0.05) is 35.2 Å². The summed E-state index contributed by atoms with van der Waals surface area (Å²) < 4.78 is 18.7. The van der Waals surface area contributed by atoms with Gasteiger partial charge in [-0.2, -0.15) is 11.8 Å². The van der Waals surface area contributed by atoms with Gasteiger partial charge in [0.25, 0.3) is 0 Å². The van der Waals surface area contributed by atoms with Gasteiger partial charge in [0.2, 0.25) is 0 Å². The number of amides is 2. The summed E-state index contributed by atoms with van der Waals surface area (Å²) in [5, 5.41) is 24.5. The highest BCUT2D eigenvalue weighted by atomic mass is 32.2. The van der Waals surface area contributed by atoms with Crippen LogP contribution in [-0.4, -0.2) is 40.5 Å². The normalized spacial score (nSPS) is 19.7. The van der Waals surface area contributed by atoms with Gasteiger partial charge in [0.1, 0.15) is 11.5 Å². The van der Waals surface area contributed by atoms with Crippen LogP contribution in [-0.2, 0) is 22.6 Å². The van der Waals surface area contributed by atoms with Crippen molar-refractivity contribution < 1.29 is 29.2 Å². The van der Waals surface area contributed by atoms with Gasteiger partial charge >= 0.3 is 6.03 Å². The van der Waals surface area contributed by atoms with Crippen LogP contribution in [0, 0.1) is 5.92 Å². The van der Waals surface area contributed by atoms with Crippen LogP contribution in [0.5, 0.6) is 11.5 Å². The minimum absolute atomic E-state index is 0.00585. The van der Waals surface area contributed by atoms with Crippen molar-refractivity contribution in [1.29, 1.82) is 0 Å². The summed E-state index contributed by atoms with van der Waals surface area (Å²) in [7, 11) is 0. The van der Waals surface area contributed by atoms with Crippen molar-refractivity contribution in [2.75, 3.05) is 23.4 Å². The maximum Gasteiger partial charge on any atom is 0.319 e. The molecule has 4 unspecified atom stereocenters. The first kappa shape index (κ1) is 31.6. The Bertz CT molecular complexity index is 1450. The van der Waals surface area contributed by atoms with E-state index in [1.54, 1.807) is 23.9 Å². The number of hydrogen-bond acceptors (Lipinski definition) is 7. The van der Waals surface area contributed by atoms with Gasteiger partial charge in [-0.15, -0.1) is 0 Å². The number of urea groups is 1. The molecular weight excluding hydrogens is 576 g/mol. The summed E-state index contributed by atoms with van der Waals surface area (Å²) in [6.45, 7) is 2.60. The van der Waals surface area contributed by atoms with Crippen LogP contribution < -0.4 is 15.4 Å². The van der Waals surface area contributed by atoms with Crippen molar-refractivity contribution >= 4 is 23.5 Å². The van der Waals surface area contributed by atoms with Gasteiger partial charge in [-0.05, 0) is 53.1 Å². The number of anilines is 1. The van der Waals surface area contributed by atoms with Crippen LogP contribution in [0.1, 0.15) is 41.6 Å². The number of hydrogen-bond donors (Lipinski definition) is 4. The highest BCUT2D eigenvalue weighted by molar-refractivity contribution is 7.99. The second-order valence-corrected chi connectivity index (χ2v) is 11.8. The lowest BCUT2D eigenvalue weighted by Gasteiger charge is -2.41. The molecule has 1 heterocycles. The van der Waals surface area contributed by atoms with Gasteiger partial charge in [0.15, 0.2) is 6.29 Å². The zero-order valence-corrected chi connectivity index (χ0v) is 25.4. The van der Waals surface area contributed by atoms with Crippen LogP contribution in [0.4, 0.5) is 10.5 Å². The molecule has 4 atom stereocenters. The molecule has 0 aromatic heterocycles. The number of para-hydroxylation sites is 1. The molecule has 5 rings (SSSR count). The van der Waals surface area contributed by atoms with Gasteiger partial charge < -0.3 is 35.1 Å². The molecule has 44 heavy (non-hydrogen) atoms. The van der Waals surface area contributed by atoms with E-state index in [9.17, 15) is 15.0 Å². The smallest absolute Gasteiger partial charge is 0.319 e. The van der Waals surface area contributed by atoms with E-state index in [4.69, 9.17) is 14.2 Å². The summed E-state index contributed by atoms with van der Waals surface area (Å²) in [4.78, 5) is 12.5. The maximum atomic E-state index is 12.5. The van der Waals surface area contributed by atoms with E-state index >= 15 is 0 Å². The number of benzene rings is 4. The minimum atomic E-state index is -0.562. The fourth-order valence-corrected chi connectivity index (χ4v) is 5.87. The van der Waals surface area contributed by atoms with E-state index in [0.29, 0.717) is 23.7 Å². The summed E-state index contributed by atoms with van der Waals surface area (Å²) in [5.74, 6) is 2.92. The molecule has 0 saturated carbocycles. The monoisotopic (exact) mass is 614 g/mol. The van der Waals surface area contributed by atoms with Crippen LogP contribution >= 0.6 is 11.8 Å². The van der Waals surface area contributed by atoms with Crippen molar-refractivity contribution in [3.63, 3.8) is 0 Å². The molecule has 4 aromatic rings. The van der Waals surface area contributed by atoms with Crippen molar-refractivity contribution in [2.45, 2.75) is 38.6 Å². The Morgan fingerprint density at radius 2 is 1.48 bits per heavy atom. The molecule has 1 aliphatic rings. The lowest BCUT2D eigenvalue weighted by Crippen LogP contribution is -2.38. The fraction of sp³-hybridized carbons (Fsp3) is 0.286. The second-order valence-electron chi connectivity index (χ2n) is 10.6. The highest BCUT2D eigenvalue weighted by Crippen LogP contribution is 2.42. The summed E-state index contributed by atoms with van der Waals surface area (Å²) in [6, 6.07) is 32.1. The highest BCUT2D eigenvalue weighted by Gasteiger charge is 2.38. The first-order valence-electron chi connectivity index (χ1n) is 14.7. The number of carbonyl (C=O) groups excluding carboxylic acids is 1. The Hall–Kier alpha value is -3.86. The predicted octanol–water partition coefficient (Wildman–Crippen LogP) is 6.81. The zero-order valence-electron chi connectivity index (χ0n) is 24.6. The topological polar surface area (TPSA) is 109 Å². The standard InChI is InChI=1S/C35H38N2O6S/c1-24-32(23-44-20-19-38)42-34(43-33(24)27-11-9-26(22-39)10-12-27)28-13-7-25(8-14-28)21-36-35(40)37-29-15-17-31(18-16-29)41-30-5-3-2-4-6-30/h2-18,24,32-34,38-39H,19-23H2,1H3,(H2,36,37,40). The number of rotatable bonds is 12. The quantitative estimate of drug-likeness (QED) is 0.130. The average Bonchev–Trinajstić information content (AvgIpc) is 3.06. The fourth-order valence-electron chi connectivity index (χ4n) is 4.96. The molecule has 0 aliphatic carbocycles. The van der Waals surface area contributed by atoms with E-state index in [0.717, 1.165) is 33.8 Å². The molecule has 9 heteroatoms. The molecule has 0 spiro atoms. The molecule has 0 radical (unpaired) electrons. The van der Waals surface area contributed by atoms with Crippen molar-refractivity contribution in [2.24, 2.45) is 5.92 Å². The van der Waals surface area contributed by atoms with Crippen molar-refractivity contribution in [3.05, 3.63) is 125 Å². The third-order valence-corrected chi connectivity index (χ3v) is 8.47. The summed E-state index contributed by atoms with van der Waals surface area (Å²) >= 11 is 1.66. The Labute approximate surface area is 262 Å². The lowest BCUT2D eigenvalue weighted by atomic mass is 9.91. The van der Waals surface area contributed by atoms with E-state index in [1.807, 2.05) is 91.0 Å². The van der Waals surface area contributed by atoms with E-state index in [2.05, 4.69) is 17.6 Å². The van der Waals surface area contributed by atoms with Crippen molar-refractivity contribution in [1.82, 2.24) is 5.32 Å². The van der Waals surface area contributed by atoms with Crippen LogP contribution in [0.25, 0.3) is 0 Å². The first-order chi connectivity index (χ1) is 21.5. The molecule has 1 saturated heterocycles. The van der Waals surface area contributed by atoms with E-state index in [-0.39, 0.29) is 37.4 Å². The Morgan fingerprint density at radius 1 is 0.818 bits per heavy atom. The molecular formula is C35H38N2O6S. The van der Waals surface area contributed by atoms with Crippen LogP contribution in [0.15, 0.2) is 103 Å². The van der Waals surface area contributed by atoms with Gasteiger partial charge in [0.05, 0.1) is 25.4 Å². The average molecular weight is 615 g/mol. The first-order valence-corrected chi connectivity index (χ1v) is 15.8. The van der Waals surface area contributed by atoms with Gasteiger partial charge in [-0.1, -0.05) is 73.7 Å². The lowest BCUT2D eigenvalue weighted by molar-refractivity contribution is -0.268. The number of carbonyl (C=O) groups is 1. The predicted molar refractivity (Wildman–Crippen MR) is 173 cm³/mol. The largest absolute Gasteiger partial charge is 0.457 e. The van der Waals surface area contributed by atoms with Crippen LogP contribution in [0.3, 0.4) is 0 Å². The van der Waals surface area contributed by atoms with E-state index < -0.39 is 6.29 Å². The molecule has 8 nitrogen and oxygen atoms in total. The molecule has 4 N–H and O–H groups in total. The molecule has 230 valence electrons. The maximum absolute atomic E-state index is 12.5. The minimum Gasteiger partial charge on any atom is -0.457 e. The van der Waals surface area contributed by atoms with Gasteiger partial charge in [-0.25, -0.2) is 4.79 Å². The summed E-state index contributed by atoms with van der Waals surface area (Å²) in [6.07, 6.45) is -0.824. The number of aliphatic hydroxyl groups excluding tert-OH is 2. The Kier molecular flexibility index (Phi) is 11.3. The van der Waals surface area contributed by atoms with Gasteiger partial charge in [-0.3, -0.25) is 0 Å². The number of ether oxygens (including phenoxy) is 3. The van der Waals surface area contributed by atoms with Crippen LogP contribution in [0.2, 0.25) is 0 Å². The number of aliphatic hydroxyl groups is 2. The SMILES string of the molecule is CC1C(CSCCO)OC(c2ccc(CNC(=O)Nc3ccc(Oc4ccccc4)cc3)cc2)OC1c1ccc(CO)cc1. The Morgan fingerprint density at radius 3 is 2.16 bits per heavy atom. The third kappa shape index (κ3) is 8.62. The molecule has 4 aromatic carbocycles. The van der Waals surface area contributed by atoms with E-state index in [1.165, 1.54) is 0 Å². The number of nitrogens with one attached hydrogen (secondary N) is 2. The summed E-state index contributed by atoms with van der Waals surface area (Å²) in [5.41, 5.74) is 4.36.